The van der Waals surface area contributed by atoms with Gasteiger partial charge >= 0.3 is 0 Å². The molecule has 0 radical (unpaired) electrons. The van der Waals surface area contributed by atoms with Gasteiger partial charge in [-0.3, -0.25) is 0 Å². The summed E-state index contributed by atoms with van der Waals surface area (Å²) >= 11 is 0. The molecule has 0 saturated carbocycles. The highest BCUT2D eigenvalue weighted by Crippen LogP contribution is 2.01. The minimum Gasteiger partial charge on any atom is -0.307 e. The lowest BCUT2D eigenvalue weighted by Crippen LogP contribution is -2.09. The van der Waals surface area contributed by atoms with Gasteiger partial charge in [-0.25, -0.2) is 5.84 Å². The summed E-state index contributed by atoms with van der Waals surface area (Å²) in [5, 5.41) is 7.78. The highest BCUT2D eigenvalue weighted by atomic mass is 15.3. The minimum absolute atomic E-state index is 0.602. The van der Waals surface area contributed by atoms with Crippen LogP contribution >= 0.6 is 0 Å². The van der Waals surface area contributed by atoms with Crippen molar-refractivity contribution in [1.82, 2.24) is 10.2 Å². The molecule has 0 atom stereocenters. The molecule has 11 heavy (non-hydrogen) atoms. The van der Waals surface area contributed by atoms with Gasteiger partial charge in [0.1, 0.15) is 0 Å². The zero-order valence-corrected chi connectivity index (χ0v) is 6.54. The van der Waals surface area contributed by atoms with Gasteiger partial charge in [0, 0.05) is 0 Å². The quantitative estimate of drug-likeness (QED) is 0.494. The molecular formula is C7H12N4. The molecule has 0 fully saturated rings. The number of hydrogen-bond acceptors (Lipinski definition) is 4. The standard InChI is InChI=1S/C7H12N4/c1-2-3-6-4-5-7(9-8)11-10-6/h4-5H,2-3,8H2,1H3,(H,9,11). The van der Waals surface area contributed by atoms with E-state index in [1.165, 1.54) is 0 Å². The lowest BCUT2D eigenvalue weighted by Gasteiger charge is -1.98. The van der Waals surface area contributed by atoms with Gasteiger partial charge < -0.3 is 5.43 Å². The van der Waals surface area contributed by atoms with Crippen LogP contribution in [0.15, 0.2) is 12.1 Å². The van der Waals surface area contributed by atoms with Crippen molar-refractivity contribution in [2.24, 2.45) is 5.84 Å². The Hall–Kier alpha value is -1.16. The second-order valence-electron chi connectivity index (χ2n) is 2.30. The molecule has 0 aliphatic carbocycles. The third-order valence-corrected chi connectivity index (χ3v) is 1.37. The minimum atomic E-state index is 0.602. The fourth-order valence-electron chi connectivity index (χ4n) is 0.826. The van der Waals surface area contributed by atoms with Gasteiger partial charge in [0.15, 0.2) is 5.82 Å². The highest BCUT2D eigenvalue weighted by molar-refractivity contribution is 5.30. The molecule has 1 aromatic heterocycles. The average Bonchev–Trinajstić information content (AvgIpc) is 2.07. The van der Waals surface area contributed by atoms with E-state index in [-0.39, 0.29) is 0 Å². The summed E-state index contributed by atoms with van der Waals surface area (Å²) in [6, 6.07) is 3.74. The molecule has 0 unspecified atom stereocenters. The Bertz CT molecular complexity index is 206. The van der Waals surface area contributed by atoms with Crippen LogP contribution in [0.3, 0.4) is 0 Å². The zero-order chi connectivity index (χ0) is 8.10. The van der Waals surface area contributed by atoms with Crippen LogP contribution in [0.25, 0.3) is 0 Å². The van der Waals surface area contributed by atoms with E-state index >= 15 is 0 Å². The summed E-state index contributed by atoms with van der Waals surface area (Å²) < 4.78 is 0. The van der Waals surface area contributed by atoms with E-state index in [0.717, 1.165) is 18.5 Å². The molecule has 0 aliphatic rings. The number of aryl methyl sites for hydroxylation is 1. The number of aromatic nitrogens is 2. The van der Waals surface area contributed by atoms with E-state index in [1.807, 2.05) is 12.1 Å². The van der Waals surface area contributed by atoms with Crippen molar-refractivity contribution in [2.45, 2.75) is 19.8 Å². The van der Waals surface area contributed by atoms with E-state index in [9.17, 15) is 0 Å². The Morgan fingerprint density at radius 3 is 2.73 bits per heavy atom. The molecule has 0 amide bonds. The molecule has 0 spiro atoms. The van der Waals surface area contributed by atoms with E-state index < -0.39 is 0 Å². The van der Waals surface area contributed by atoms with Crippen molar-refractivity contribution in [1.29, 1.82) is 0 Å². The van der Waals surface area contributed by atoms with Gasteiger partial charge in [0.2, 0.25) is 0 Å². The fourth-order valence-corrected chi connectivity index (χ4v) is 0.826. The Balaban J connectivity index is 2.66. The number of nitrogens with two attached hydrogens (primary N) is 1. The largest absolute Gasteiger partial charge is 0.307 e. The van der Waals surface area contributed by atoms with Gasteiger partial charge in [-0.15, -0.1) is 5.10 Å². The van der Waals surface area contributed by atoms with Gasteiger partial charge in [-0.2, -0.15) is 5.10 Å². The van der Waals surface area contributed by atoms with Crippen molar-refractivity contribution in [2.75, 3.05) is 5.43 Å². The first-order valence-electron chi connectivity index (χ1n) is 3.66. The first-order chi connectivity index (χ1) is 5.36. The Labute approximate surface area is 65.8 Å². The normalized spacial score (nSPS) is 9.64. The monoisotopic (exact) mass is 152 g/mol. The topological polar surface area (TPSA) is 63.8 Å². The second kappa shape index (κ2) is 3.88. The van der Waals surface area contributed by atoms with Crippen molar-refractivity contribution < 1.29 is 0 Å². The van der Waals surface area contributed by atoms with Crippen LogP contribution in [0.1, 0.15) is 19.0 Å². The van der Waals surface area contributed by atoms with Crippen LogP contribution in [-0.2, 0) is 6.42 Å². The second-order valence-corrected chi connectivity index (χ2v) is 2.30. The summed E-state index contributed by atoms with van der Waals surface area (Å²) in [4.78, 5) is 0. The third kappa shape index (κ3) is 2.16. The molecule has 0 aromatic carbocycles. The number of hydrogen-bond donors (Lipinski definition) is 2. The molecule has 1 aromatic rings. The summed E-state index contributed by atoms with van der Waals surface area (Å²) in [6.07, 6.45) is 2.06. The van der Waals surface area contributed by atoms with Crippen LogP contribution in [0, 0.1) is 0 Å². The van der Waals surface area contributed by atoms with Crippen LogP contribution in [0.5, 0.6) is 0 Å². The summed E-state index contributed by atoms with van der Waals surface area (Å²) in [6.45, 7) is 2.11. The van der Waals surface area contributed by atoms with E-state index in [4.69, 9.17) is 5.84 Å². The molecule has 1 heterocycles. The Morgan fingerprint density at radius 1 is 1.45 bits per heavy atom. The van der Waals surface area contributed by atoms with Gasteiger partial charge in [0.25, 0.3) is 0 Å². The zero-order valence-electron chi connectivity index (χ0n) is 6.54. The maximum Gasteiger partial charge on any atom is 0.162 e. The molecule has 4 heteroatoms. The summed E-state index contributed by atoms with van der Waals surface area (Å²) in [5.74, 6) is 5.72. The number of nitrogens with one attached hydrogen (secondary N) is 1. The smallest absolute Gasteiger partial charge is 0.162 e. The number of rotatable bonds is 3. The Morgan fingerprint density at radius 2 is 2.27 bits per heavy atom. The molecular weight excluding hydrogens is 140 g/mol. The van der Waals surface area contributed by atoms with E-state index in [0.29, 0.717) is 5.82 Å². The van der Waals surface area contributed by atoms with Crippen LogP contribution in [0.4, 0.5) is 5.82 Å². The first-order valence-corrected chi connectivity index (χ1v) is 3.66. The predicted octanol–water partition coefficient (Wildman–Crippen LogP) is 0.715. The summed E-state index contributed by atoms with van der Waals surface area (Å²) in [7, 11) is 0. The lowest BCUT2D eigenvalue weighted by atomic mass is 10.2. The van der Waals surface area contributed by atoms with Crippen molar-refractivity contribution >= 4 is 5.82 Å². The molecule has 4 nitrogen and oxygen atoms in total. The van der Waals surface area contributed by atoms with Gasteiger partial charge in [0.05, 0.1) is 5.69 Å². The number of anilines is 1. The maximum atomic E-state index is 5.12. The van der Waals surface area contributed by atoms with Crippen LogP contribution in [-0.4, -0.2) is 10.2 Å². The highest BCUT2D eigenvalue weighted by Gasteiger charge is 1.93. The number of nitrogen functional groups attached to an aromatic ring is 1. The molecule has 0 bridgehead atoms. The van der Waals surface area contributed by atoms with Gasteiger partial charge in [-0.1, -0.05) is 13.3 Å². The molecule has 1 rings (SSSR count). The van der Waals surface area contributed by atoms with Crippen molar-refractivity contribution in [3.05, 3.63) is 17.8 Å². The lowest BCUT2D eigenvalue weighted by molar-refractivity contribution is 0.839. The van der Waals surface area contributed by atoms with E-state index in [1.54, 1.807) is 0 Å². The van der Waals surface area contributed by atoms with Crippen molar-refractivity contribution in [3.8, 4) is 0 Å². The van der Waals surface area contributed by atoms with Gasteiger partial charge in [-0.05, 0) is 18.6 Å². The summed E-state index contributed by atoms with van der Waals surface area (Å²) in [5.41, 5.74) is 3.43. The number of nitrogens with zero attached hydrogens (tertiary/aromatic N) is 2. The third-order valence-electron chi connectivity index (χ3n) is 1.37. The fraction of sp³-hybridized carbons (Fsp3) is 0.429. The molecule has 60 valence electrons. The maximum absolute atomic E-state index is 5.12. The molecule has 0 aliphatic heterocycles. The molecule has 3 N–H and O–H groups in total. The van der Waals surface area contributed by atoms with Crippen LogP contribution in [0.2, 0.25) is 0 Å². The Kier molecular flexibility index (Phi) is 2.80. The van der Waals surface area contributed by atoms with Crippen LogP contribution < -0.4 is 11.3 Å². The molecule has 0 saturated heterocycles. The van der Waals surface area contributed by atoms with Crippen molar-refractivity contribution in [3.63, 3.8) is 0 Å². The SMILES string of the molecule is CCCc1ccc(NN)nn1. The van der Waals surface area contributed by atoms with E-state index in [2.05, 4.69) is 22.5 Å². The predicted molar refractivity (Wildman–Crippen MR) is 43.8 cm³/mol. The number of hydrazine groups is 1. The average molecular weight is 152 g/mol. The first kappa shape index (κ1) is 7.94.